The van der Waals surface area contributed by atoms with Gasteiger partial charge in [-0.3, -0.25) is 14.3 Å². The zero-order valence-electron chi connectivity index (χ0n) is 18.0. The number of anilines is 1. The summed E-state index contributed by atoms with van der Waals surface area (Å²) in [4.78, 5) is 34.5. The maximum absolute atomic E-state index is 13.0. The highest BCUT2D eigenvalue weighted by Crippen LogP contribution is 2.23. The Morgan fingerprint density at radius 1 is 1.09 bits per heavy atom. The molecule has 4 rings (SSSR count). The van der Waals surface area contributed by atoms with Crippen molar-refractivity contribution in [2.24, 2.45) is 0 Å². The molecule has 168 valence electrons. The molecule has 1 unspecified atom stereocenters. The van der Waals surface area contributed by atoms with Gasteiger partial charge in [0.15, 0.2) is 0 Å². The summed E-state index contributed by atoms with van der Waals surface area (Å²) in [6.45, 7) is 7.04. The number of piperazine rings is 1. The maximum Gasteiger partial charge on any atom is 0.321 e. The number of hydrogen-bond acceptors (Lipinski definition) is 4. The molecular weight excluding hydrogens is 449 g/mol. The van der Waals surface area contributed by atoms with E-state index in [1.165, 1.54) is 0 Å². The van der Waals surface area contributed by atoms with E-state index >= 15 is 0 Å². The second-order valence-corrected chi connectivity index (χ2v) is 8.69. The number of nitrogens with zero attached hydrogens (tertiary/aromatic N) is 4. The molecule has 1 atom stereocenters. The molecule has 1 aliphatic rings. The van der Waals surface area contributed by atoms with Crippen molar-refractivity contribution in [2.75, 3.05) is 31.5 Å². The summed E-state index contributed by atoms with van der Waals surface area (Å²) in [6, 6.07) is 12.1. The fourth-order valence-electron chi connectivity index (χ4n) is 4.08. The van der Waals surface area contributed by atoms with Gasteiger partial charge in [-0.2, -0.15) is 0 Å². The Labute approximate surface area is 196 Å². The average Bonchev–Trinajstić information content (AvgIpc) is 2.79. The summed E-state index contributed by atoms with van der Waals surface area (Å²) in [7, 11) is 0. The first kappa shape index (κ1) is 22.6. The van der Waals surface area contributed by atoms with Crippen LogP contribution in [0.2, 0.25) is 10.0 Å². The van der Waals surface area contributed by atoms with Crippen LogP contribution in [0.1, 0.15) is 25.7 Å². The van der Waals surface area contributed by atoms with Gasteiger partial charge in [-0.25, -0.2) is 9.78 Å². The summed E-state index contributed by atoms with van der Waals surface area (Å²) in [5, 5.41) is 4.52. The molecule has 0 aliphatic carbocycles. The van der Waals surface area contributed by atoms with Gasteiger partial charge in [-0.15, -0.1) is 0 Å². The molecule has 7 nitrogen and oxygen atoms in total. The Hall–Kier alpha value is -2.61. The summed E-state index contributed by atoms with van der Waals surface area (Å²) in [5.74, 6) is 0.726. The van der Waals surface area contributed by atoms with Crippen molar-refractivity contribution in [3.8, 4) is 0 Å². The van der Waals surface area contributed by atoms with Crippen LogP contribution >= 0.6 is 23.2 Å². The summed E-state index contributed by atoms with van der Waals surface area (Å²) < 4.78 is 1.71. The van der Waals surface area contributed by atoms with Gasteiger partial charge in [0, 0.05) is 48.5 Å². The lowest BCUT2D eigenvalue weighted by Gasteiger charge is -2.38. The molecule has 1 N–H and O–H groups in total. The molecule has 32 heavy (non-hydrogen) atoms. The van der Waals surface area contributed by atoms with E-state index in [1.54, 1.807) is 45.9 Å². The Morgan fingerprint density at radius 2 is 1.81 bits per heavy atom. The van der Waals surface area contributed by atoms with Crippen LogP contribution in [0, 0.1) is 0 Å². The fraction of sp³-hybridized carbons (Fsp3) is 0.348. The molecule has 2 aromatic carbocycles. The van der Waals surface area contributed by atoms with Gasteiger partial charge in [0.25, 0.3) is 5.56 Å². The van der Waals surface area contributed by atoms with Gasteiger partial charge < -0.3 is 10.2 Å². The number of amides is 2. The molecular formula is C23H25Cl2N5O2. The predicted molar refractivity (Wildman–Crippen MR) is 129 cm³/mol. The van der Waals surface area contributed by atoms with Gasteiger partial charge in [0.1, 0.15) is 5.82 Å². The van der Waals surface area contributed by atoms with Crippen LogP contribution in [0.4, 0.5) is 10.5 Å². The Bertz CT molecular complexity index is 1200. The summed E-state index contributed by atoms with van der Waals surface area (Å²) in [6.07, 6.45) is 0. The van der Waals surface area contributed by atoms with E-state index in [0.717, 1.165) is 5.82 Å². The number of urea groups is 1. The van der Waals surface area contributed by atoms with Crippen molar-refractivity contribution in [3.63, 3.8) is 0 Å². The van der Waals surface area contributed by atoms with E-state index in [9.17, 15) is 9.59 Å². The Kier molecular flexibility index (Phi) is 6.69. The molecule has 3 aromatic rings. The Morgan fingerprint density at radius 3 is 2.50 bits per heavy atom. The van der Waals surface area contributed by atoms with Crippen LogP contribution in [0.15, 0.2) is 47.3 Å². The van der Waals surface area contributed by atoms with Crippen molar-refractivity contribution in [2.45, 2.75) is 26.4 Å². The minimum absolute atomic E-state index is 0.0686. The lowest BCUT2D eigenvalue weighted by Crippen LogP contribution is -2.51. The molecule has 1 aliphatic heterocycles. The van der Waals surface area contributed by atoms with E-state index in [1.807, 2.05) is 13.0 Å². The second kappa shape index (κ2) is 9.48. The second-order valence-electron chi connectivity index (χ2n) is 7.82. The summed E-state index contributed by atoms with van der Waals surface area (Å²) >= 11 is 12.1. The van der Waals surface area contributed by atoms with Crippen LogP contribution in [0.3, 0.4) is 0 Å². The average molecular weight is 474 g/mol. The van der Waals surface area contributed by atoms with Crippen molar-refractivity contribution in [3.05, 3.63) is 68.7 Å². The third-order valence-corrected chi connectivity index (χ3v) is 6.33. The van der Waals surface area contributed by atoms with E-state index in [0.29, 0.717) is 59.4 Å². The fourth-order valence-corrected chi connectivity index (χ4v) is 4.44. The van der Waals surface area contributed by atoms with E-state index in [4.69, 9.17) is 28.2 Å². The lowest BCUT2D eigenvalue weighted by atomic mass is 10.2. The SMILES string of the molecule is CCn1c(C(C)N2CCN(C(=O)Nc3cccc(Cl)c3)CC2)nc2ccc(Cl)cc2c1=O. The van der Waals surface area contributed by atoms with Crippen molar-refractivity contribution in [1.82, 2.24) is 19.4 Å². The smallest absolute Gasteiger partial charge is 0.321 e. The van der Waals surface area contributed by atoms with Gasteiger partial charge in [-0.05, 0) is 50.2 Å². The molecule has 0 spiro atoms. The third-order valence-electron chi connectivity index (χ3n) is 5.86. The minimum atomic E-state index is -0.147. The van der Waals surface area contributed by atoms with Gasteiger partial charge in [-0.1, -0.05) is 29.3 Å². The number of nitrogens with one attached hydrogen (secondary N) is 1. The van der Waals surface area contributed by atoms with Crippen molar-refractivity contribution in [1.29, 1.82) is 0 Å². The predicted octanol–water partition coefficient (Wildman–Crippen LogP) is 4.63. The Balaban J connectivity index is 1.48. The zero-order valence-corrected chi connectivity index (χ0v) is 19.5. The van der Waals surface area contributed by atoms with Crippen molar-refractivity contribution >= 4 is 45.8 Å². The summed E-state index contributed by atoms with van der Waals surface area (Å²) in [5.41, 5.74) is 1.23. The molecule has 9 heteroatoms. The van der Waals surface area contributed by atoms with Crippen LogP contribution in [0.5, 0.6) is 0 Å². The van der Waals surface area contributed by atoms with Gasteiger partial charge in [0.2, 0.25) is 0 Å². The number of fused-ring (bicyclic) bond motifs is 1. The normalized spacial score (nSPS) is 15.7. The molecule has 2 heterocycles. The molecule has 1 fully saturated rings. The third kappa shape index (κ3) is 4.60. The highest BCUT2D eigenvalue weighted by Gasteiger charge is 2.27. The number of aromatic nitrogens is 2. The molecule has 0 saturated carbocycles. The molecule has 0 bridgehead atoms. The molecule has 1 aromatic heterocycles. The minimum Gasteiger partial charge on any atom is -0.322 e. The zero-order chi connectivity index (χ0) is 22.8. The number of rotatable bonds is 4. The van der Waals surface area contributed by atoms with Gasteiger partial charge in [0.05, 0.1) is 16.9 Å². The van der Waals surface area contributed by atoms with E-state index < -0.39 is 0 Å². The number of carbonyl (C=O) groups excluding carboxylic acids is 1. The number of carbonyl (C=O) groups is 1. The highest BCUT2D eigenvalue weighted by molar-refractivity contribution is 6.31. The standard InChI is InChI=1S/C23H25Cl2N5O2/c1-3-30-21(27-20-8-7-17(25)14-19(20)22(30)31)15(2)28-9-11-29(12-10-28)23(32)26-18-6-4-5-16(24)13-18/h4-8,13-15H,3,9-12H2,1-2H3,(H,26,32). The van der Waals surface area contributed by atoms with Gasteiger partial charge >= 0.3 is 6.03 Å². The van der Waals surface area contributed by atoms with Crippen LogP contribution in [0.25, 0.3) is 10.9 Å². The number of benzene rings is 2. The van der Waals surface area contributed by atoms with Crippen LogP contribution in [-0.2, 0) is 6.54 Å². The monoisotopic (exact) mass is 473 g/mol. The molecule has 1 saturated heterocycles. The van der Waals surface area contributed by atoms with Crippen LogP contribution in [-0.4, -0.2) is 51.6 Å². The largest absolute Gasteiger partial charge is 0.322 e. The topological polar surface area (TPSA) is 70.5 Å². The van der Waals surface area contributed by atoms with Crippen LogP contribution < -0.4 is 10.9 Å². The van der Waals surface area contributed by atoms with E-state index in [2.05, 4.69) is 17.1 Å². The first-order valence-electron chi connectivity index (χ1n) is 10.6. The lowest BCUT2D eigenvalue weighted by molar-refractivity contribution is 0.114. The number of hydrogen-bond donors (Lipinski definition) is 1. The first-order valence-corrected chi connectivity index (χ1v) is 11.4. The molecule has 0 radical (unpaired) electrons. The molecule has 2 amide bonds. The number of halogens is 2. The van der Waals surface area contributed by atoms with E-state index in [-0.39, 0.29) is 17.6 Å². The highest BCUT2D eigenvalue weighted by atomic mass is 35.5. The first-order chi connectivity index (χ1) is 15.4. The quantitative estimate of drug-likeness (QED) is 0.599. The van der Waals surface area contributed by atoms with Crippen molar-refractivity contribution < 1.29 is 4.79 Å². The maximum atomic E-state index is 13.0.